The summed E-state index contributed by atoms with van der Waals surface area (Å²) in [6, 6.07) is 13.3. The Hall–Kier alpha value is -2.60. The second kappa shape index (κ2) is 8.31. The van der Waals surface area contributed by atoms with E-state index in [1.807, 2.05) is 43.3 Å². The van der Waals surface area contributed by atoms with Crippen molar-refractivity contribution < 1.29 is 14.3 Å². The zero-order chi connectivity index (χ0) is 17.5. The van der Waals surface area contributed by atoms with Gasteiger partial charge < -0.3 is 20.6 Å². The van der Waals surface area contributed by atoms with E-state index >= 15 is 0 Å². The van der Waals surface area contributed by atoms with Crippen LogP contribution in [-0.4, -0.2) is 31.8 Å². The maximum Gasteiger partial charge on any atom is 0.315 e. The van der Waals surface area contributed by atoms with Crippen LogP contribution < -0.4 is 15.5 Å². The number of rotatable bonds is 6. The maximum absolute atomic E-state index is 13.5. The molecule has 0 spiro atoms. The molecule has 0 aliphatic heterocycles. The van der Waals surface area contributed by atoms with Gasteiger partial charge in [-0.3, -0.25) is 0 Å². The molecule has 1 atom stereocenters. The van der Waals surface area contributed by atoms with Crippen LogP contribution in [0.25, 0.3) is 0 Å². The van der Waals surface area contributed by atoms with Crippen LogP contribution >= 0.6 is 0 Å². The molecule has 0 saturated heterocycles. The van der Waals surface area contributed by atoms with Crippen LogP contribution in [0.5, 0.6) is 0 Å². The average Bonchev–Trinajstić information content (AvgIpc) is 2.58. The SMILES string of the molecule is CN(C)c1ccc(CNC(=O)NC[C@H](O)c2ccccc2F)cc1. The third-order valence-corrected chi connectivity index (χ3v) is 3.63. The molecule has 5 nitrogen and oxygen atoms in total. The van der Waals surface area contributed by atoms with Crippen molar-refractivity contribution in [1.29, 1.82) is 0 Å². The summed E-state index contributed by atoms with van der Waals surface area (Å²) >= 11 is 0. The first-order valence-electron chi connectivity index (χ1n) is 7.68. The normalized spacial score (nSPS) is 11.7. The minimum Gasteiger partial charge on any atom is -0.386 e. The highest BCUT2D eigenvalue weighted by molar-refractivity contribution is 5.73. The number of benzene rings is 2. The van der Waals surface area contributed by atoms with Crippen LogP contribution in [0.3, 0.4) is 0 Å². The van der Waals surface area contributed by atoms with Gasteiger partial charge in [0.25, 0.3) is 0 Å². The van der Waals surface area contributed by atoms with E-state index in [0.29, 0.717) is 6.54 Å². The molecule has 0 bridgehead atoms. The highest BCUT2D eigenvalue weighted by Gasteiger charge is 2.13. The molecule has 2 aromatic carbocycles. The predicted octanol–water partition coefficient (Wildman–Crippen LogP) is 2.42. The number of nitrogens with one attached hydrogen (secondary N) is 2. The lowest BCUT2D eigenvalue weighted by atomic mass is 10.1. The van der Waals surface area contributed by atoms with E-state index in [2.05, 4.69) is 10.6 Å². The van der Waals surface area contributed by atoms with Gasteiger partial charge in [-0.2, -0.15) is 0 Å². The topological polar surface area (TPSA) is 64.6 Å². The minimum absolute atomic E-state index is 0.0632. The summed E-state index contributed by atoms with van der Waals surface area (Å²) < 4.78 is 13.5. The Morgan fingerprint density at radius 2 is 1.79 bits per heavy atom. The smallest absolute Gasteiger partial charge is 0.315 e. The fourth-order valence-corrected chi connectivity index (χ4v) is 2.20. The average molecular weight is 331 g/mol. The molecule has 6 heteroatoms. The Bertz CT molecular complexity index is 674. The van der Waals surface area contributed by atoms with Crippen molar-refractivity contribution in [1.82, 2.24) is 10.6 Å². The van der Waals surface area contributed by atoms with Crippen molar-refractivity contribution in [3.8, 4) is 0 Å². The molecule has 2 aromatic rings. The number of aliphatic hydroxyl groups is 1. The first-order valence-corrected chi connectivity index (χ1v) is 7.68. The second-order valence-electron chi connectivity index (χ2n) is 5.66. The lowest BCUT2D eigenvalue weighted by Gasteiger charge is -2.14. The summed E-state index contributed by atoms with van der Waals surface area (Å²) in [6.45, 7) is 0.307. The number of urea groups is 1. The van der Waals surface area contributed by atoms with Crippen molar-refractivity contribution in [3.63, 3.8) is 0 Å². The van der Waals surface area contributed by atoms with Gasteiger partial charge in [-0.25, -0.2) is 9.18 Å². The summed E-state index contributed by atoms with van der Waals surface area (Å²) in [5.41, 5.74) is 2.21. The number of anilines is 1. The van der Waals surface area contributed by atoms with Crippen molar-refractivity contribution in [3.05, 3.63) is 65.5 Å². The number of hydrogen-bond acceptors (Lipinski definition) is 3. The summed E-state index contributed by atoms with van der Waals surface area (Å²) in [5, 5.41) is 15.2. The van der Waals surface area contributed by atoms with Crippen molar-refractivity contribution >= 4 is 11.7 Å². The number of carbonyl (C=O) groups is 1. The maximum atomic E-state index is 13.5. The van der Waals surface area contributed by atoms with Crippen LogP contribution in [-0.2, 0) is 6.54 Å². The highest BCUT2D eigenvalue weighted by atomic mass is 19.1. The molecule has 2 amide bonds. The standard InChI is InChI=1S/C18H22FN3O2/c1-22(2)14-9-7-13(8-10-14)11-20-18(24)21-12-17(23)15-5-3-4-6-16(15)19/h3-10,17,23H,11-12H2,1-2H3,(H2,20,21,24)/t17-/m0/s1. The van der Waals surface area contributed by atoms with Gasteiger partial charge in [-0.05, 0) is 23.8 Å². The van der Waals surface area contributed by atoms with E-state index in [4.69, 9.17) is 0 Å². The van der Waals surface area contributed by atoms with E-state index < -0.39 is 18.0 Å². The fraction of sp³-hybridized carbons (Fsp3) is 0.278. The van der Waals surface area contributed by atoms with Gasteiger partial charge in [0, 0.05) is 38.4 Å². The zero-order valence-corrected chi connectivity index (χ0v) is 13.8. The van der Waals surface area contributed by atoms with Gasteiger partial charge >= 0.3 is 6.03 Å². The van der Waals surface area contributed by atoms with E-state index in [1.165, 1.54) is 12.1 Å². The van der Waals surface area contributed by atoms with Crippen LogP contribution in [0.2, 0.25) is 0 Å². The lowest BCUT2D eigenvalue weighted by molar-refractivity contribution is 0.169. The largest absolute Gasteiger partial charge is 0.386 e. The third kappa shape index (κ3) is 4.96. The number of carbonyl (C=O) groups excluding carboxylic acids is 1. The van der Waals surface area contributed by atoms with Crippen LogP contribution in [0, 0.1) is 5.82 Å². The first-order chi connectivity index (χ1) is 11.5. The quantitative estimate of drug-likeness (QED) is 0.762. The van der Waals surface area contributed by atoms with E-state index in [0.717, 1.165) is 11.3 Å². The van der Waals surface area contributed by atoms with Gasteiger partial charge in [0.1, 0.15) is 5.82 Å². The van der Waals surface area contributed by atoms with E-state index in [1.54, 1.807) is 12.1 Å². The third-order valence-electron chi connectivity index (χ3n) is 3.63. The number of hydrogen-bond donors (Lipinski definition) is 3. The van der Waals surface area contributed by atoms with Crippen LogP contribution in [0.1, 0.15) is 17.2 Å². The fourth-order valence-electron chi connectivity index (χ4n) is 2.20. The van der Waals surface area contributed by atoms with Crippen LogP contribution in [0.4, 0.5) is 14.9 Å². The Kier molecular flexibility index (Phi) is 6.14. The number of nitrogens with zero attached hydrogens (tertiary/aromatic N) is 1. The molecule has 2 rings (SSSR count). The van der Waals surface area contributed by atoms with Gasteiger partial charge in [-0.1, -0.05) is 30.3 Å². The minimum atomic E-state index is -1.09. The van der Waals surface area contributed by atoms with Gasteiger partial charge in [0.15, 0.2) is 0 Å². The Labute approximate surface area is 141 Å². The monoisotopic (exact) mass is 331 g/mol. The molecule has 0 saturated carbocycles. The molecule has 0 unspecified atom stereocenters. The molecule has 0 aliphatic rings. The van der Waals surface area contributed by atoms with Crippen molar-refractivity contribution in [2.75, 3.05) is 25.5 Å². The molecular formula is C18H22FN3O2. The number of halogens is 1. The predicted molar refractivity (Wildman–Crippen MR) is 92.4 cm³/mol. The number of aliphatic hydroxyl groups excluding tert-OH is 1. The molecule has 0 heterocycles. The molecule has 0 fully saturated rings. The molecule has 0 aromatic heterocycles. The Morgan fingerprint density at radius 1 is 1.12 bits per heavy atom. The van der Waals surface area contributed by atoms with E-state index in [-0.39, 0.29) is 12.1 Å². The van der Waals surface area contributed by atoms with Gasteiger partial charge in [-0.15, -0.1) is 0 Å². The lowest BCUT2D eigenvalue weighted by Crippen LogP contribution is -2.37. The van der Waals surface area contributed by atoms with E-state index in [9.17, 15) is 14.3 Å². The number of amides is 2. The summed E-state index contributed by atoms with van der Waals surface area (Å²) in [4.78, 5) is 13.8. The van der Waals surface area contributed by atoms with Gasteiger partial charge in [0.05, 0.1) is 6.10 Å². The summed E-state index contributed by atoms with van der Waals surface area (Å²) in [7, 11) is 3.92. The Balaban J connectivity index is 1.78. The molecule has 24 heavy (non-hydrogen) atoms. The Morgan fingerprint density at radius 3 is 2.42 bits per heavy atom. The van der Waals surface area contributed by atoms with Crippen molar-refractivity contribution in [2.24, 2.45) is 0 Å². The van der Waals surface area contributed by atoms with Gasteiger partial charge in [0.2, 0.25) is 0 Å². The summed E-state index contributed by atoms with van der Waals surface area (Å²) in [5.74, 6) is -0.492. The molecule has 0 radical (unpaired) electrons. The molecule has 0 aliphatic carbocycles. The summed E-state index contributed by atoms with van der Waals surface area (Å²) in [6.07, 6.45) is -1.09. The molecule has 3 N–H and O–H groups in total. The first kappa shape index (κ1) is 17.7. The van der Waals surface area contributed by atoms with Crippen LogP contribution in [0.15, 0.2) is 48.5 Å². The molecular weight excluding hydrogens is 309 g/mol. The second-order valence-corrected chi connectivity index (χ2v) is 5.66. The highest BCUT2D eigenvalue weighted by Crippen LogP contribution is 2.15. The molecule has 128 valence electrons. The van der Waals surface area contributed by atoms with Crippen molar-refractivity contribution in [2.45, 2.75) is 12.6 Å². The zero-order valence-electron chi connectivity index (χ0n) is 13.8.